The predicted molar refractivity (Wildman–Crippen MR) is 75.8 cm³/mol. The van der Waals surface area contributed by atoms with Gasteiger partial charge in [0.25, 0.3) is 0 Å². The van der Waals surface area contributed by atoms with Crippen LogP contribution in [0.25, 0.3) is 0 Å². The Morgan fingerprint density at radius 3 is 2.76 bits per heavy atom. The van der Waals surface area contributed by atoms with Crippen LogP contribution in [0.5, 0.6) is 0 Å². The number of aliphatic imine (C=N–C) groups is 1. The zero-order chi connectivity index (χ0) is 12.6. The van der Waals surface area contributed by atoms with Crippen LogP contribution in [0.2, 0.25) is 0 Å². The first-order valence-corrected chi connectivity index (χ1v) is 6.98. The van der Waals surface area contributed by atoms with Gasteiger partial charge in [0.2, 0.25) is 0 Å². The lowest BCUT2D eigenvalue weighted by molar-refractivity contribution is 0.285. The first kappa shape index (κ1) is 12.8. The number of nitrogens with zero attached hydrogens (tertiary/aromatic N) is 3. The number of aromatic nitrogens is 1. The van der Waals surface area contributed by atoms with Crippen molar-refractivity contribution in [3.63, 3.8) is 0 Å². The third-order valence-electron chi connectivity index (χ3n) is 2.73. The third-order valence-corrected chi connectivity index (χ3v) is 3.80. The Bertz CT molecular complexity index is 459. The number of nitrogens with two attached hydrogens (primary N) is 1. The van der Waals surface area contributed by atoms with E-state index >= 15 is 0 Å². The van der Waals surface area contributed by atoms with Crippen molar-refractivity contribution in [2.45, 2.75) is 25.9 Å². The van der Waals surface area contributed by atoms with Gasteiger partial charge < -0.3 is 10.6 Å². The lowest BCUT2D eigenvalue weighted by atomic mass is 10.1. The summed E-state index contributed by atoms with van der Waals surface area (Å²) in [7, 11) is 0. The summed E-state index contributed by atoms with van der Waals surface area (Å²) in [5.41, 5.74) is 6.89. The van der Waals surface area contributed by atoms with Crippen LogP contribution in [0.3, 0.4) is 0 Å². The maximum absolute atomic E-state index is 5.91. The van der Waals surface area contributed by atoms with Crippen molar-refractivity contribution in [2.24, 2.45) is 10.7 Å². The summed E-state index contributed by atoms with van der Waals surface area (Å²) < 4.78 is 1.93. The number of guanidine groups is 1. The molecule has 17 heavy (non-hydrogen) atoms. The molecular formula is C11H14Br2N4. The fraction of sp³-hybridized carbons (Fsp3) is 0.455. The zero-order valence-electron chi connectivity index (χ0n) is 9.69. The summed E-state index contributed by atoms with van der Waals surface area (Å²) in [5, 5.41) is 0. The number of hydrogen-bond acceptors (Lipinski definition) is 4. The molecule has 0 aliphatic carbocycles. The van der Waals surface area contributed by atoms with Crippen LogP contribution in [-0.2, 0) is 0 Å². The van der Waals surface area contributed by atoms with Gasteiger partial charge in [0.1, 0.15) is 0 Å². The average Bonchev–Trinajstić information content (AvgIpc) is 2.60. The quantitative estimate of drug-likeness (QED) is 0.880. The molecular weight excluding hydrogens is 348 g/mol. The number of hydrogen-bond donors (Lipinski definition) is 1. The van der Waals surface area contributed by atoms with E-state index in [4.69, 9.17) is 5.73 Å². The summed E-state index contributed by atoms with van der Waals surface area (Å²) >= 11 is 6.94. The summed E-state index contributed by atoms with van der Waals surface area (Å²) in [6, 6.07) is 2.43. The van der Waals surface area contributed by atoms with Gasteiger partial charge in [-0.3, -0.25) is 9.98 Å². The van der Waals surface area contributed by atoms with Gasteiger partial charge in [-0.1, -0.05) is 0 Å². The smallest absolute Gasteiger partial charge is 0.192 e. The molecule has 2 rings (SSSR count). The normalized spacial score (nSPS) is 19.9. The molecule has 0 spiro atoms. The molecule has 1 atom stereocenters. The molecule has 0 amide bonds. The van der Waals surface area contributed by atoms with Crippen molar-refractivity contribution in [1.82, 2.24) is 9.88 Å². The second-order valence-electron chi connectivity index (χ2n) is 4.24. The van der Waals surface area contributed by atoms with Crippen LogP contribution < -0.4 is 5.73 Å². The average molecular weight is 362 g/mol. The second-order valence-corrected chi connectivity index (χ2v) is 6.01. The van der Waals surface area contributed by atoms with E-state index in [-0.39, 0.29) is 6.04 Å². The Balaban J connectivity index is 2.35. The molecule has 1 aliphatic heterocycles. The van der Waals surface area contributed by atoms with Gasteiger partial charge in [0, 0.05) is 21.2 Å². The molecule has 0 fully saturated rings. The topological polar surface area (TPSA) is 54.5 Å². The van der Waals surface area contributed by atoms with Crippen molar-refractivity contribution >= 4 is 37.8 Å². The van der Waals surface area contributed by atoms with Crippen molar-refractivity contribution in [3.8, 4) is 0 Å². The highest BCUT2D eigenvalue weighted by atomic mass is 79.9. The zero-order valence-corrected chi connectivity index (χ0v) is 12.9. The maximum Gasteiger partial charge on any atom is 0.192 e. The summed E-state index contributed by atoms with van der Waals surface area (Å²) in [6.07, 6.45) is 1.80. The van der Waals surface area contributed by atoms with E-state index in [2.05, 4.69) is 60.6 Å². The number of pyridine rings is 1. The van der Waals surface area contributed by atoms with Crippen LogP contribution in [0.15, 0.2) is 26.2 Å². The molecule has 1 aromatic heterocycles. The highest BCUT2D eigenvalue weighted by Gasteiger charge is 2.31. The van der Waals surface area contributed by atoms with Gasteiger partial charge in [-0.05, 0) is 51.8 Å². The molecule has 2 N–H and O–H groups in total. The standard InChI is InChI=1S/C11H14Br2N4/c1-6(2)17-9(5-16-11(17)14)10-8(13)3-7(12)4-15-10/h3-4,6,9H,5H2,1-2H3,(H2,14,16). The highest BCUT2D eigenvalue weighted by molar-refractivity contribution is 9.11. The Kier molecular flexibility index (Phi) is 3.73. The van der Waals surface area contributed by atoms with Crippen LogP contribution in [0, 0.1) is 0 Å². The minimum Gasteiger partial charge on any atom is -0.370 e. The van der Waals surface area contributed by atoms with E-state index in [1.807, 2.05) is 6.07 Å². The third kappa shape index (κ3) is 2.47. The van der Waals surface area contributed by atoms with Gasteiger partial charge in [-0.15, -0.1) is 0 Å². The molecule has 6 heteroatoms. The van der Waals surface area contributed by atoms with E-state index < -0.39 is 0 Å². The Morgan fingerprint density at radius 1 is 1.47 bits per heavy atom. The molecule has 1 aromatic rings. The molecule has 1 aliphatic rings. The van der Waals surface area contributed by atoms with Gasteiger partial charge in [-0.2, -0.15) is 0 Å². The fourth-order valence-electron chi connectivity index (χ4n) is 2.02. The molecule has 2 heterocycles. The molecule has 4 nitrogen and oxygen atoms in total. The molecule has 0 saturated heterocycles. The monoisotopic (exact) mass is 360 g/mol. The van der Waals surface area contributed by atoms with Crippen LogP contribution in [0.1, 0.15) is 25.6 Å². The molecule has 0 bridgehead atoms. The first-order valence-electron chi connectivity index (χ1n) is 5.40. The van der Waals surface area contributed by atoms with Gasteiger partial charge in [0.05, 0.1) is 18.3 Å². The lowest BCUT2D eigenvalue weighted by Gasteiger charge is -2.30. The fourth-order valence-corrected chi connectivity index (χ4v) is 3.27. The number of halogens is 2. The minimum absolute atomic E-state index is 0.123. The van der Waals surface area contributed by atoms with Crippen molar-refractivity contribution in [3.05, 3.63) is 26.9 Å². The Labute approximate surface area is 118 Å². The van der Waals surface area contributed by atoms with E-state index in [0.29, 0.717) is 18.5 Å². The largest absolute Gasteiger partial charge is 0.370 e. The van der Waals surface area contributed by atoms with Crippen LogP contribution in [0.4, 0.5) is 0 Å². The van der Waals surface area contributed by atoms with Gasteiger partial charge >= 0.3 is 0 Å². The lowest BCUT2D eigenvalue weighted by Crippen LogP contribution is -2.41. The van der Waals surface area contributed by atoms with Crippen molar-refractivity contribution in [2.75, 3.05) is 6.54 Å². The predicted octanol–water partition coefficient (Wildman–Crippen LogP) is 2.69. The summed E-state index contributed by atoms with van der Waals surface area (Å²) in [5.74, 6) is 0.599. The summed E-state index contributed by atoms with van der Waals surface area (Å²) in [4.78, 5) is 10.9. The molecule has 92 valence electrons. The molecule has 0 aromatic carbocycles. The first-order chi connectivity index (χ1) is 8.00. The molecule has 0 radical (unpaired) electrons. The van der Waals surface area contributed by atoms with Crippen molar-refractivity contribution < 1.29 is 0 Å². The van der Waals surface area contributed by atoms with E-state index in [1.165, 1.54) is 0 Å². The van der Waals surface area contributed by atoms with Crippen LogP contribution >= 0.6 is 31.9 Å². The minimum atomic E-state index is 0.123. The Hall–Kier alpha value is -0.620. The van der Waals surface area contributed by atoms with Gasteiger partial charge in [0.15, 0.2) is 5.96 Å². The van der Waals surface area contributed by atoms with E-state index in [9.17, 15) is 0 Å². The molecule has 0 saturated carbocycles. The summed E-state index contributed by atoms with van der Waals surface area (Å²) in [6.45, 7) is 4.87. The van der Waals surface area contributed by atoms with E-state index in [1.54, 1.807) is 6.20 Å². The molecule has 1 unspecified atom stereocenters. The highest BCUT2D eigenvalue weighted by Crippen LogP contribution is 2.32. The van der Waals surface area contributed by atoms with Crippen molar-refractivity contribution in [1.29, 1.82) is 0 Å². The second kappa shape index (κ2) is 4.94. The SMILES string of the molecule is CC(C)N1C(N)=NCC1c1ncc(Br)cc1Br. The number of rotatable bonds is 2. The maximum atomic E-state index is 5.91. The van der Waals surface area contributed by atoms with Crippen LogP contribution in [-0.4, -0.2) is 28.4 Å². The Morgan fingerprint density at radius 2 is 2.18 bits per heavy atom. The van der Waals surface area contributed by atoms with E-state index in [0.717, 1.165) is 14.6 Å². The van der Waals surface area contributed by atoms with Gasteiger partial charge in [-0.25, -0.2) is 0 Å².